The van der Waals surface area contributed by atoms with E-state index in [4.69, 9.17) is 4.74 Å². The zero-order valence-corrected chi connectivity index (χ0v) is 17.4. The van der Waals surface area contributed by atoms with Crippen LogP contribution in [0.15, 0.2) is 24.3 Å². The predicted octanol–water partition coefficient (Wildman–Crippen LogP) is -0.436. The van der Waals surface area contributed by atoms with E-state index in [1.165, 1.54) is 18.9 Å². The summed E-state index contributed by atoms with van der Waals surface area (Å²) in [5.41, 5.74) is 0.427. The molecule has 3 unspecified atom stereocenters. The fraction of sp³-hybridized carbons (Fsp3) is 0.650. The molecule has 0 aromatic heterocycles. The lowest BCUT2D eigenvalue weighted by molar-refractivity contribution is -0.968. The number of phenolic OH excluding ortho intramolecular Hbond substituents is 1. The molecule has 2 bridgehead atoms. The molecule has 0 aliphatic carbocycles. The molecule has 2 fully saturated rings. The number of nitrogens with zero attached hydrogens (tertiary/aromatic N) is 1. The Balaban J connectivity index is 0.00000243. The third kappa shape index (κ3) is 3.64. The molecule has 0 saturated carbocycles. The van der Waals surface area contributed by atoms with Crippen molar-refractivity contribution in [3.05, 3.63) is 29.8 Å². The summed E-state index contributed by atoms with van der Waals surface area (Å²) >= 11 is 0. The van der Waals surface area contributed by atoms with Crippen molar-refractivity contribution in [1.82, 2.24) is 0 Å². The van der Waals surface area contributed by atoms with E-state index in [-0.39, 0.29) is 35.4 Å². The molecule has 146 valence electrons. The molecule has 1 aromatic carbocycles. The van der Waals surface area contributed by atoms with E-state index in [9.17, 15) is 15.0 Å². The Labute approximate surface area is 166 Å². The molecule has 1 aromatic rings. The summed E-state index contributed by atoms with van der Waals surface area (Å²) in [5.74, 6) is -1.24. The molecule has 2 aliphatic rings. The number of hydrogen-bond acceptors (Lipinski definition) is 4. The highest BCUT2D eigenvalue weighted by atomic mass is 79.9. The number of phenols is 1. The SMILES string of the molecule is CC(C)[N+]1(C)[C@@H]2CC[C@H]1CC(OC(=O)C(CO)c1ccccc1O)C2.[Br-]. The van der Waals surface area contributed by atoms with E-state index in [2.05, 4.69) is 20.9 Å². The van der Waals surface area contributed by atoms with Crippen LogP contribution in [0.1, 0.15) is 51.0 Å². The van der Waals surface area contributed by atoms with E-state index in [0.29, 0.717) is 23.7 Å². The molecule has 6 heteroatoms. The summed E-state index contributed by atoms with van der Waals surface area (Å²) in [6.07, 6.45) is 4.06. The number of para-hydroxylation sites is 1. The van der Waals surface area contributed by atoms with Gasteiger partial charge in [-0.3, -0.25) is 4.79 Å². The summed E-state index contributed by atoms with van der Waals surface area (Å²) in [4.78, 5) is 12.6. The van der Waals surface area contributed by atoms with E-state index < -0.39 is 11.9 Å². The van der Waals surface area contributed by atoms with Gasteiger partial charge in [0, 0.05) is 31.2 Å². The van der Waals surface area contributed by atoms with Crippen LogP contribution in [0, 0.1) is 0 Å². The third-order valence-corrected chi connectivity index (χ3v) is 6.65. The Hall–Kier alpha value is -1.11. The maximum absolute atomic E-state index is 12.6. The molecule has 0 spiro atoms. The standard InChI is InChI=1S/C20H29NO4.BrH/c1-13(2)21(3)14-8-9-15(21)11-16(10-14)25-20(24)18(12-22)17-6-4-5-7-19(17)23;/h4-7,13-16,18,22H,8-12H2,1-3H3;1H/t14-,15+,16?,18?,21?;. The van der Waals surface area contributed by atoms with Crippen LogP contribution >= 0.6 is 0 Å². The summed E-state index contributed by atoms with van der Waals surface area (Å²) < 4.78 is 6.87. The first-order valence-corrected chi connectivity index (χ1v) is 9.32. The van der Waals surface area contributed by atoms with Gasteiger partial charge in [0.25, 0.3) is 0 Å². The number of rotatable bonds is 5. The van der Waals surface area contributed by atoms with Gasteiger partial charge in [0.05, 0.1) is 31.8 Å². The normalized spacial score (nSPS) is 31.3. The van der Waals surface area contributed by atoms with Crippen LogP contribution in [-0.2, 0) is 9.53 Å². The molecular formula is C20H30BrNO4. The summed E-state index contributed by atoms with van der Waals surface area (Å²) in [6.45, 7) is 4.19. The van der Waals surface area contributed by atoms with Gasteiger partial charge in [-0.15, -0.1) is 0 Å². The van der Waals surface area contributed by atoms with Crippen LogP contribution in [0.2, 0.25) is 0 Å². The molecule has 5 nitrogen and oxygen atoms in total. The molecule has 0 amide bonds. The van der Waals surface area contributed by atoms with Gasteiger partial charge < -0.3 is 36.4 Å². The Kier molecular flexibility index (Phi) is 6.75. The number of carbonyl (C=O) groups excluding carboxylic acids is 1. The molecule has 0 radical (unpaired) electrons. The number of benzene rings is 1. The average Bonchev–Trinajstić information content (AvgIpc) is 2.75. The third-order valence-electron chi connectivity index (χ3n) is 6.65. The fourth-order valence-electron chi connectivity index (χ4n) is 4.90. The van der Waals surface area contributed by atoms with Gasteiger partial charge in [-0.1, -0.05) is 18.2 Å². The van der Waals surface area contributed by atoms with Crippen LogP contribution in [0.5, 0.6) is 5.75 Å². The minimum Gasteiger partial charge on any atom is -1.00 e. The van der Waals surface area contributed by atoms with Gasteiger partial charge in [-0.05, 0) is 19.9 Å². The number of piperidine rings is 1. The van der Waals surface area contributed by atoms with Crippen molar-refractivity contribution in [2.75, 3.05) is 13.7 Å². The second-order valence-electron chi connectivity index (χ2n) is 8.02. The molecule has 2 aliphatic heterocycles. The summed E-state index contributed by atoms with van der Waals surface area (Å²) in [7, 11) is 2.34. The van der Waals surface area contributed by atoms with Crippen LogP contribution in [0.25, 0.3) is 0 Å². The van der Waals surface area contributed by atoms with Crippen molar-refractivity contribution < 1.29 is 41.2 Å². The second-order valence-corrected chi connectivity index (χ2v) is 8.02. The maximum atomic E-state index is 12.6. The van der Waals surface area contributed by atoms with Gasteiger partial charge in [-0.2, -0.15) is 0 Å². The first-order chi connectivity index (χ1) is 11.9. The van der Waals surface area contributed by atoms with Crippen LogP contribution in [0.3, 0.4) is 0 Å². The van der Waals surface area contributed by atoms with Gasteiger partial charge in [0.1, 0.15) is 17.8 Å². The Morgan fingerprint density at radius 3 is 2.31 bits per heavy atom. The Bertz CT molecular complexity index is 622. The summed E-state index contributed by atoms with van der Waals surface area (Å²) in [6, 6.07) is 8.27. The van der Waals surface area contributed by atoms with Gasteiger partial charge in [0.15, 0.2) is 0 Å². The topological polar surface area (TPSA) is 66.8 Å². The number of carbonyl (C=O) groups is 1. The van der Waals surface area contributed by atoms with Crippen molar-refractivity contribution >= 4 is 5.97 Å². The van der Waals surface area contributed by atoms with E-state index >= 15 is 0 Å². The highest BCUT2D eigenvalue weighted by Crippen LogP contribution is 2.44. The van der Waals surface area contributed by atoms with E-state index in [1.54, 1.807) is 18.2 Å². The van der Waals surface area contributed by atoms with Crippen molar-refractivity contribution in [3.8, 4) is 5.75 Å². The van der Waals surface area contributed by atoms with E-state index in [1.807, 2.05) is 0 Å². The molecule has 2 saturated heterocycles. The molecule has 5 atom stereocenters. The monoisotopic (exact) mass is 427 g/mol. The second kappa shape index (κ2) is 8.28. The van der Waals surface area contributed by atoms with Gasteiger partial charge in [-0.25, -0.2) is 0 Å². The first kappa shape index (κ1) is 21.2. The molecule has 2 heterocycles. The lowest BCUT2D eigenvalue weighted by Gasteiger charge is -2.49. The molecule has 2 N–H and O–H groups in total. The number of hydrogen-bond donors (Lipinski definition) is 2. The number of aromatic hydroxyl groups is 1. The zero-order chi connectivity index (χ0) is 18.2. The van der Waals surface area contributed by atoms with Crippen molar-refractivity contribution in [1.29, 1.82) is 0 Å². The largest absolute Gasteiger partial charge is 1.00 e. The Morgan fingerprint density at radius 1 is 1.23 bits per heavy atom. The number of aliphatic hydroxyl groups is 1. The first-order valence-electron chi connectivity index (χ1n) is 9.32. The molecule has 3 rings (SSSR count). The molecule has 26 heavy (non-hydrogen) atoms. The predicted molar refractivity (Wildman–Crippen MR) is 95.2 cm³/mol. The van der Waals surface area contributed by atoms with Crippen molar-refractivity contribution in [2.45, 2.75) is 69.7 Å². The van der Waals surface area contributed by atoms with Crippen LogP contribution in [0.4, 0.5) is 0 Å². The number of quaternary nitrogens is 1. The maximum Gasteiger partial charge on any atom is 0.316 e. The minimum atomic E-state index is -0.827. The van der Waals surface area contributed by atoms with Crippen molar-refractivity contribution in [2.24, 2.45) is 0 Å². The highest BCUT2D eigenvalue weighted by molar-refractivity contribution is 5.79. The highest BCUT2D eigenvalue weighted by Gasteiger charge is 2.53. The quantitative estimate of drug-likeness (QED) is 0.493. The number of fused-ring (bicyclic) bond motifs is 2. The van der Waals surface area contributed by atoms with Gasteiger partial charge in [0.2, 0.25) is 0 Å². The number of halogens is 1. The summed E-state index contributed by atoms with van der Waals surface area (Å²) in [5, 5.41) is 19.6. The average molecular weight is 428 g/mol. The van der Waals surface area contributed by atoms with Crippen molar-refractivity contribution in [3.63, 3.8) is 0 Å². The van der Waals surface area contributed by atoms with E-state index in [0.717, 1.165) is 17.3 Å². The lowest BCUT2D eigenvalue weighted by Crippen LogP contribution is -3.00. The Morgan fingerprint density at radius 2 is 1.81 bits per heavy atom. The zero-order valence-electron chi connectivity index (χ0n) is 15.8. The van der Waals surface area contributed by atoms with Crippen LogP contribution < -0.4 is 17.0 Å². The van der Waals surface area contributed by atoms with Gasteiger partial charge >= 0.3 is 5.97 Å². The lowest BCUT2D eigenvalue weighted by atomic mass is 9.94. The molecular weight excluding hydrogens is 398 g/mol. The fourth-order valence-corrected chi connectivity index (χ4v) is 4.90. The number of ether oxygens (including phenoxy) is 1. The number of esters is 1. The minimum absolute atomic E-state index is 0. The number of aliphatic hydroxyl groups excluding tert-OH is 1. The smallest absolute Gasteiger partial charge is 0.316 e. The van der Waals surface area contributed by atoms with Crippen LogP contribution in [-0.4, -0.2) is 58.5 Å².